The van der Waals surface area contributed by atoms with Gasteiger partial charge in [0.05, 0.1) is 12.6 Å². The molecule has 1 aromatic carbocycles. The Bertz CT molecular complexity index is 349. The molecule has 1 N–H and O–H groups in total. The summed E-state index contributed by atoms with van der Waals surface area (Å²) in [5, 5.41) is 0. The minimum Gasteiger partial charge on any atom is -0.488 e. The van der Waals surface area contributed by atoms with Crippen LogP contribution in [-0.2, 0) is 11.3 Å². The Labute approximate surface area is 102 Å². The zero-order valence-electron chi connectivity index (χ0n) is 10.0. The first kappa shape index (κ1) is 11.1. The summed E-state index contributed by atoms with van der Waals surface area (Å²) >= 11 is 0. The molecular weight excluding hydrogens is 214 g/mol. The van der Waals surface area contributed by atoms with Gasteiger partial charge in [-0.1, -0.05) is 31.0 Å². The summed E-state index contributed by atoms with van der Waals surface area (Å²) in [6, 6.07) is 8.25. The van der Waals surface area contributed by atoms with E-state index in [0.717, 1.165) is 18.7 Å². The van der Waals surface area contributed by atoms with Crippen LogP contribution in [0.5, 0.6) is 5.75 Å². The molecule has 0 radical (unpaired) electrons. The van der Waals surface area contributed by atoms with Crippen LogP contribution in [-0.4, -0.2) is 18.8 Å². The highest BCUT2D eigenvalue weighted by atomic mass is 16.7. The molecule has 1 aliphatic heterocycles. The van der Waals surface area contributed by atoms with Crippen LogP contribution in [0.2, 0.25) is 0 Å². The lowest BCUT2D eigenvalue weighted by atomic mass is 10.1. The van der Waals surface area contributed by atoms with Crippen molar-refractivity contribution in [2.45, 2.75) is 44.3 Å². The Morgan fingerprint density at radius 1 is 1.24 bits per heavy atom. The summed E-state index contributed by atoms with van der Waals surface area (Å²) in [7, 11) is 0. The number of para-hydroxylation sites is 1. The van der Waals surface area contributed by atoms with E-state index in [9.17, 15) is 0 Å². The molecule has 1 atom stereocenters. The topological polar surface area (TPSA) is 30.5 Å². The van der Waals surface area contributed by atoms with Crippen LogP contribution in [0.3, 0.4) is 0 Å². The third-order valence-corrected chi connectivity index (χ3v) is 3.58. The molecule has 92 valence electrons. The van der Waals surface area contributed by atoms with Crippen LogP contribution in [0.4, 0.5) is 0 Å². The first-order valence-corrected chi connectivity index (χ1v) is 6.55. The smallest absolute Gasteiger partial charge is 0.123 e. The highest BCUT2D eigenvalue weighted by molar-refractivity contribution is 5.37. The van der Waals surface area contributed by atoms with Crippen molar-refractivity contribution in [1.29, 1.82) is 0 Å². The lowest BCUT2D eigenvalue weighted by Crippen LogP contribution is -2.32. The lowest BCUT2D eigenvalue weighted by Gasteiger charge is -2.15. The maximum absolute atomic E-state index is 5.83. The number of rotatable bonds is 4. The van der Waals surface area contributed by atoms with Crippen molar-refractivity contribution < 1.29 is 9.57 Å². The standard InChI is InChI=1S/C14H19NO2/c1-4-8-14-11(5-1)9-13(16-14)10-15-17-12-6-2-3-7-12/h1,4-5,8,12-13,15H,2-3,6-7,9-10H2. The molecule has 0 spiro atoms. The van der Waals surface area contributed by atoms with Crippen molar-refractivity contribution in [2.75, 3.05) is 6.54 Å². The number of hydroxylamine groups is 1. The number of ether oxygens (including phenoxy) is 1. The zero-order chi connectivity index (χ0) is 11.5. The van der Waals surface area contributed by atoms with Gasteiger partial charge in [0.1, 0.15) is 11.9 Å². The molecule has 2 aliphatic rings. The number of hydrogen-bond acceptors (Lipinski definition) is 3. The highest BCUT2D eigenvalue weighted by Crippen LogP contribution is 2.27. The molecule has 17 heavy (non-hydrogen) atoms. The molecule has 1 aromatic rings. The Morgan fingerprint density at radius 3 is 2.88 bits per heavy atom. The van der Waals surface area contributed by atoms with Gasteiger partial charge in [0.15, 0.2) is 0 Å². The predicted octanol–water partition coefficient (Wildman–Crippen LogP) is 2.45. The molecule has 0 amide bonds. The third kappa shape index (κ3) is 2.61. The zero-order valence-corrected chi connectivity index (χ0v) is 10.0. The van der Waals surface area contributed by atoms with Crippen molar-refractivity contribution >= 4 is 0 Å². The van der Waals surface area contributed by atoms with Crippen LogP contribution in [0.15, 0.2) is 24.3 Å². The van der Waals surface area contributed by atoms with E-state index < -0.39 is 0 Å². The molecule has 3 nitrogen and oxygen atoms in total. The molecule has 3 heteroatoms. The number of benzene rings is 1. The van der Waals surface area contributed by atoms with Crippen LogP contribution in [0.25, 0.3) is 0 Å². The first-order chi connectivity index (χ1) is 8.42. The van der Waals surface area contributed by atoms with E-state index in [0.29, 0.717) is 6.10 Å². The van der Waals surface area contributed by atoms with Crippen LogP contribution < -0.4 is 10.2 Å². The van der Waals surface area contributed by atoms with Crippen molar-refractivity contribution in [1.82, 2.24) is 5.48 Å². The molecule has 1 fully saturated rings. The van der Waals surface area contributed by atoms with Gasteiger partial charge >= 0.3 is 0 Å². The second-order valence-electron chi connectivity index (χ2n) is 4.92. The fraction of sp³-hybridized carbons (Fsp3) is 0.571. The minimum absolute atomic E-state index is 0.216. The number of hydrogen-bond donors (Lipinski definition) is 1. The Balaban J connectivity index is 1.43. The van der Waals surface area contributed by atoms with Gasteiger partial charge in [0.25, 0.3) is 0 Å². The normalized spacial score (nSPS) is 23.6. The minimum atomic E-state index is 0.216. The molecule has 1 unspecified atom stereocenters. The van der Waals surface area contributed by atoms with Gasteiger partial charge < -0.3 is 4.74 Å². The van der Waals surface area contributed by atoms with Crippen molar-refractivity contribution in [3.8, 4) is 5.75 Å². The maximum Gasteiger partial charge on any atom is 0.123 e. The summed E-state index contributed by atoms with van der Waals surface area (Å²) in [5.41, 5.74) is 4.38. The predicted molar refractivity (Wildman–Crippen MR) is 65.9 cm³/mol. The Kier molecular flexibility index (Phi) is 3.29. The SMILES string of the molecule is c1ccc2c(c1)CC(CNOC1CCCC1)O2. The Hall–Kier alpha value is -1.06. The molecule has 0 aromatic heterocycles. The molecule has 1 aliphatic carbocycles. The monoisotopic (exact) mass is 233 g/mol. The molecular formula is C14H19NO2. The molecule has 0 bridgehead atoms. The average Bonchev–Trinajstić information content (AvgIpc) is 2.96. The van der Waals surface area contributed by atoms with Gasteiger partial charge in [-0.3, -0.25) is 4.84 Å². The fourth-order valence-electron chi connectivity index (χ4n) is 2.63. The van der Waals surface area contributed by atoms with Crippen LogP contribution in [0.1, 0.15) is 31.2 Å². The largest absolute Gasteiger partial charge is 0.488 e. The van der Waals surface area contributed by atoms with Crippen LogP contribution in [0, 0.1) is 0 Å². The lowest BCUT2D eigenvalue weighted by molar-refractivity contribution is -0.0320. The quantitative estimate of drug-likeness (QED) is 0.810. The maximum atomic E-state index is 5.83. The summed E-state index contributed by atoms with van der Waals surface area (Å²) < 4.78 is 5.83. The van der Waals surface area contributed by atoms with E-state index in [2.05, 4.69) is 17.6 Å². The molecule has 1 saturated carbocycles. The van der Waals surface area contributed by atoms with E-state index >= 15 is 0 Å². The van der Waals surface area contributed by atoms with Gasteiger partial charge in [-0.15, -0.1) is 0 Å². The summed E-state index contributed by atoms with van der Waals surface area (Å²) in [5.74, 6) is 1.03. The number of nitrogens with one attached hydrogen (secondary N) is 1. The number of fused-ring (bicyclic) bond motifs is 1. The summed E-state index contributed by atoms with van der Waals surface area (Å²) in [6.45, 7) is 0.769. The highest BCUT2D eigenvalue weighted by Gasteiger charge is 2.22. The second-order valence-corrected chi connectivity index (χ2v) is 4.92. The van der Waals surface area contributed by atoms with Gasteiger partial charge in [-0.2, -0.15) is 5.48 Å². The fourth-order valence-corrected chi connectivity index (χ4v) is 2.63. The van der Waals surface area contributed by atoms with Gasteiger partial charge in [0, 0.05) is 6.42 Å². The van der Waals surface area contributed by atoms with Crippen LogP contribution >= 0.6 is 0 Å². The van der Waals surface area contributed by atoms with E-state index in [-0.39, 0.29) is 6.10 Å². The van der Waals surface area contributed by atoms with E-state index in [4.69, 9.17) is 9.57 Å². The molecule has 1 heterocycles. The first-order valence-electron chi connectivity index (χ1n) is 6.55. The Morgan fingerprint density at radius 2 is 2.06 bits per heavy atom. The van der Waals surface area contributed by atoms with E-state index in [1.54, 1.807) is 0 Å². The van der Waals surface area contributed by atoms with Gasteiger partial charge in [0.2, 0.25) is 0 Å². The third-order valence-electron chi connectivity index (χ3n) is 3.58. The molecule has 0 saturated heterocycles. The average molecular weight is 233 g/mol. The van der Waals surface area contributed by atoms with E-state index in [1.807, 2.05) is 12.1 Å². The van der Waals surface area contributed by atoms with Crippen molar-refractivity contribution in [3.05, 3.63) is 29.8 Å². The van der Waals surface area contributed by atoms with Crippen molar-refractivity contribution in [2.24, 2.45) is 0 Å². The molecule has 3 rings (SSSR count). The van der Waals surface area contributed by atoms with Gasteiger partial charge in [-0.05, 0) is 24.5 Å². The second kappa shape index (κ2) is 5.07. The summed E-state index contributed by atoms with van der Waals surface area (Å²) in [6.07, 6.45) is 6.61. The summed E-state index contributed by atoms with van der Waals surface area (Å²) in [4.78, 5) is 5.63. The van der Waals surface area contributed by atoms with E-state index in [1.165, 1.54) is 31.2 Å². The van der Waals surface area contributed by atoms with Gasteiger partial charge in [-0.25, -0.2) is 0 Å². The van der Waals surface area contributed by atoms with Crippen molar-refractivity contribution in [3.63, 3.8) is 0 Å².